The number of para-hydroxylation sites is 2. The first kappa shape index (κ1) is 16.7. The van der Waals surface area contributed by atoms with Gasteiger partial charge in [0.25, 0.3) is 5.91 Å². The van der Waals surface area contributed by atoms with Crippen molar-refractivity contribution in [2.45, 2.75) is 19.9 Å². The number of pyridine rings is 1. The fourth-order valence-corrected chi connectivity index (χ4v) is 3.58. The molecule has 2 N–H and O–H groups in total. The first-order valence-corrected chi connectivity index (χ1v) is 9.04. The van der Waals surface area contributed by atoms with Gasteiger partial charge < -0.3 is 10.3 Å². The number of carbonyl (C=O) groups is 1. The van der Waals surface area contributed by atoms with Crippen molar-refractivity contribution in [1.82, 2.24) is 25.2 Å². The molecule has 0 radical (unpaired) electrons. The third kappa shape index (κ3) is 3.60. The van der Waals surface area contributed by atoms with E-state index in [4.69, 9.17) is 0 Å². The van der Waals surface area contributed by atoms with E-state index in [1.54, 1.807) is 18.5 Å². The molecule has 3 heterocycles. The van der Waals surface area contributed by atoms with E-state index in [9.17, 15) is 4.79 Å². The van der Waals surface area contributed by atoms with Gasteiger partial charge in [0.1, 0.15) is 5.82 Å². The number of aromatic amines is 1. The van der Waals surface area contributed by atoms with Crippen LogP contribution in [0.3, 0.4) is 0 Å². The van der Waals surface area contributed by atoms with Crippen molar-refractivity contribution in [1.29, 1.82) is 0 Å². The molecule has 6 nitrogen and oxygen atoms in total. The fraction of sp³-hybridized carbons (Fsp3) is 0.350. The molecular formula is C20H23N5O. The second-order valence-corrected chi connectivity index (χ2v) is 6.99. The Bertz CT molecular complexity index is 886. The fourth-order valence-electron chi connectivity index (χ4n) is 3.58. The van der Waals surface area contributed by atoms with Gasteiger partial charge in [0.2, 0.25) is 0 Å². The van der Waals surface area contributed by atoms with Crippen LogP contribution >= 0.6 is 0 Å². The van der Waals surface area contributed by atoms with Crippen molar-refractivity contribution >= 4 is 16.9 Å². The molecule has 1 atom stereocenters. The monoisotopic (exact) mass is 349 g/mol. The van der Waals surface area contributed by atoms with E-state index in [1.807, 2.05) is 25.1 Å². The lowest BCUT2D eigenvalue weighted by Crippen LogP contribution is -2.31. The van der Waals surface area contributed by atoms with Gasteiger partial charge in [-0.3, -0.25) is 14.7 Å². The van der Waals surface area contributed by atoms with E-state index in [0.29, 0.717) is 18.0 Å². The summed E-state index contributed by atoms with van der Waals surface area (Å²) in [7, 11) is 0. The number of aryl methyl sites for hydroxylation is 1. The van der Waals surface area contributed by atoms with Crippen molar-refractivity contribution in [3.63, 3.8) is 0 Å². The molecule has 1 aliphatic heterocycles. The lowest BCUT2D eigenvalue weighted by molar-refractivity contribution is 0.0946. The Morgan fingerprint density at radius 3 is 3.08 bits per heavy atom. The molecule has 1 aliphatic rings. The van der Waals surface area contributed by atoms with Crippen molar-refractivity contribution in [2.75, 3.05) is 19.6 Å². The number of H-pyrrole nitrogens is 1. The highest BCUT2D eigenvalue weighted by Gasteiger charge is 2.24. The van der Waals surface area contributed by atoms with Crippen LogP contribution in [0.1, 0.15) is 28.2 Å². The van der Waals surface area contributed by atoms with E-state index in [1.165, 1.54) is 0 Å². The van der Waals surface area contributed by atoms with Gasteiger partial charge in [0.05, 0.1) is 17.6 Å². The van der Waals surface area contributed by atoms with Crippen LogP contribution in [0.5, 0.6) is 0 Å². The molecule has 0 aliphatic carbocycles. The Labute approximate surface area is 152 Å². The zero-order valence-electron chi connectivity index (χ0n) is 14.9. The molecule has 3 aromatic rings. The van der Waals surface area contributed by atoms with Crippen molar-refractivity contribution in [2.24, 2.45) is 5.92 Å². The van der Waals surface area contributed by atoms with Crippen LogP contribution in [0.25, 0.3) is 11.0 Å². The molecule has 26 heavy (non-hydrogen) atoms. The Morgan fingerprint density at radius 1 is 1.35 bits per heavy atom. The smallest absolute Gasteiger partial charge is 0.251 e. The third-order valence-corrected chi connectivity index (χ3v) is 5.00. The van der Waals surface area contributed by atoms with Crippen molar-refractivity contribution in [3.05, 3.63) is 59.7 Å². The number of hydrogen-bond acceptors (Lipinski definition) is 4. The highest BCUT2D eigenvalue weighted by atomic mass is 16.1. The number of benzene rings is 1. The summed E-state index contributed by atoms with van der Waals surface area (Å²) < 4.78 is 0. The average molecular weight is 349 g/mol. The number of amides is 1. The van der Waals surface area contributed by atoms with Gasteiger partial charge in [0, 0.05) is 31.0 Å². The van der Waals surface area contributed by atoms with E-state index >= 15 is 0 Å². The highest BCUT2D eigenvalue weighted by Crippen LogP contribution is 2.19. The van der Waals surface area contributed by atoms with Crippen molar-refractivity contribution < 1.29 is 4.79 Å². The van der Waals surface area contributed by atoms with Gasteiger partial charge in [-0.05, 0) is 49.6 Å². The van der Waals surface area contributed by atoms with Gasteiger partial charge in [0.15, 0.2) is 0 Å². The number of fused-ring (bicyclic) bond motifs is 1. The predicted molar refractivity (Wildman–Crippen MR) is 101 cm³/mol. The predicted octanol–water partition coefficient (Wildman–Crippen LogP) is 2.52. The Balaban J connectivity index is 1.30. The maximum Gasteiger partial charge on any atom is 0.251 e. The third-order valence-electron chi connectivity index (χ3n) is 5.00. The normalized spacial score (nSPS) is 17.7. The van der Waals surface area contributed by atoms with E-state index in [-0.39, 0.29) is 5.91 Å². The molecule has 0 spiro atoms. The van der Waals surface area contributed by atoms with Gasteiger partial charge in [-0.25, -0.2) is 4.98 Å². The van der Waals surface area contributed by atoms with Gasteiger partial charge in [-0.1, -0.05) is 12.1 Å². The molecule has 134 valence electrons. The minimum absolute atomic E-state index is 0.0133. The summed E-state index contributed by atoms with van der Waals surface area (Å²) in [4.78, 5) is 26.8. The van der Waals surface area contributed by atoms with Crippen LogP contribution in [-0.2, 0) is 6.54 Å². The SMILES string of the molecule is Cc1cnccc1C(=O)NC[C@H]1CCN(Cc2nc3ccccc3[nH]2)C1. The summed E-state index contributed by atoms with van der Waals surface area (Å²) in [6.45, 7) is 5.45. The van der Waals surface area contributed by atoms with Crippen LogP contribution in [0.15, 0.2) is 42.7 Å². The lowest BCUT2D eigenvalue weighted by Gasteiger charge is -2.15. The molecule has 2 aromatic heterocycles. The molecular weight excluding hydrogens is 326 g/mol. The van der Waals surface area contributed by atoms with Gasteiger partial charge in [-0.2, -0.15) is 0 Å². The van der Waals surface area contributed by atoms with Crippen LogP contribution in [-0.4, -0.2) is 45.4 Å². The molecule has 4 rings (SSSR count). The first-order valence-electron chi connectivity index (χ1n) is 9.04. The second kappa shape index (κ2) is 7.25. The lowest BCUT2D eigenvalue weighted by atomic mass is 10.1. The molecule has 1 amide bonds. The molecule has 6 heteroatoms. The topological polar surface area (TPSA) is 73.9 Å². The van der Waals surface area contributed by atoms with Crippen LogP contribution in [0, 0.1) is 12.8 Å². The zero-order chi connectivity index (χ0) is 17.9. The Morgan fingerprint density at radius 2 is 2.23 bits per heavy atom. The number of likely N-dealkylation sites (tertiary alicyclic amines) is 1. The molecule has 1 saturated heterocycles. The number of aromatic nitrogens is 3. The summed E-state index contributed by atoms with van der Waals surface area (Å²) in [6, 6.07) is 9.87. The minimum Gasteiger partial charge on any atom is -0.352 e. The number of rotatable bonds is 5. The number of nitrogens with zero attached hydrogens (tertiary/aromatic N) is 3. The zero-order valence-corrected chi connectivity index (χ0v) is 14.9. The highest BCUT2D eigenvalue weighted by molar-refractivity contribution is 5.95. The summed E-state index contributed by atoms with van der Waals surface area (Å²) in [5, 5.41) is 3.07. The quantitative estimate of drug-likeness (QED) is 0.742. The van der Waals surface area contributed by atoms with Crippen molar-refractivity contribution in [3.8, 4) is 0 Å². The van der Waals surface area contributed by atoms with Crippen LogP contribution in [0.4, 0.5) is 0 Å². The number of hydrogen-bond donors (Lipinski definition) is 2. The molecule has 1 aromatic carbocycles. The second-order valence-electron chi connectivity index (χ2n) is 6.99. The average Bonchev–Trinajstić information content (AvgIpc) is 3.26. The molecule has 0 unspecified atom stereocenters. The van der Waals surface area contributed by atoms with Crippen LogP contribution in [0.2, 0.25) is 0 Å². The summed E-state index contributed by atoms with van der Waals surface area (Å²) in [6.07, 6.45) is 4.47. The van der Waals surface area contributed by atoms with E-state index < -0.39 is 0 Å². The maximum atomic E-state index is 12.3. The molecule has 0 bridgehead atoms. The number of imidazole rings is 1. The van der Waals surface area contributed by atoms with Crippen LogP contribution < -0.4 is 5.32 Å². The Hall–Kier alpha value is -2.73. The van der Waals surface area contributed by atoms with Gasteiger partial charge in [-0.15, -0.1) is 0 Å². The number of carbonyl (C=O) groups excluding carboxylic acids is 1. The minimum atomic E-state index is -0.0133. The maximum absolute atomic E-state index is 12.3. The Kier molecular flexibility index (Phi) is 4.67. The summed E-state index contributed by atoms with van der Waals surface area (Å²) in [5.41, 5.74) is 3.71. The summed E-state index contributed by atoms with van der Waals surface area (Å²) in [5.74, 6) is 1.47. The summed E-state index contributed by atoms with van der Waals surface area (Å²) >= 11 is 0. The standard InChI is InChI=1S/C20H23N5O/c1-14-10-21-8-6-16(14)20(26)22-11-15-7-9-25(12-15)13-19-23-17-4-2-3-5-18(17)24-19/h2-6,8,10,15H,7,9,11-13H2,1H3,(H,22,26)(H,23,24)/t15-/m1/s1. The largest absolute Gasteiger partial charge is 0.352 e. The van der Waals surface area contributed by atoms with Gasteiger partial charge >= 0.3 is 0 Å². The number of nitrogens with one attached hydrogen (secondary N) is 2. The van der Waals surface area contributed by atoms with E-state index in [0.717, 1.165) is 48.5 Å². The van der Waals surface area contributed by atoms with E-state index in [2.05, 4.69) is 31.2 Å². The first-order chi connectivity index (χ1) is 12.7. The molecule has 0 saturated carbocycles. The molecule has 1 fully saturated rings.